The van der Waals surface area contributed by atoms with E-state index in [-0.39, 0.29) is 11.3 Å². The lowest BCUT2D eigenvalue weighted by atomic mass is 9.97. The summed E-state index contributed by atoms with van der Waals surface area (Å²) in [5, 5.41) is 7.11. The summed E-state index contributed by atoms with van der Waals surface area (Å²) in [6, 6.07) is 0. The van der Waals surface area contributed by atoms with E-state index in [0.717, 1.165) is 0 Å². The zero-order chi connectivity index (χ0) is 13.2. The first-order valence-electron chi connectivity index (χ1n) is 5.87. The maximum Gasteiger partial charge on any atom is 0.271 e. The van der Waals surface area contributed by atoms with Crippen molar-refractivity contribution >= 4 is 11.6 Å². The number of aromatic nitrogens is 2. The van der Waals surface area contributed by atoms with Crippen LogP contribution in [0.2, 0.25) is 0 Å². The fraction of sp³-hybridized carbons (Fsp3) is 0.667. The molecule has 0 aromatic carbocycles. The Morgan fingerprint density at radius 1 is 1.47 bits per heavy atom. The van der Waals surface area contributed by atoms with Crippen LogP contribution in [0.3, 0.4) is 0 Å². The largest absolute Gasteiger partial charge is 0.395 e. The van der Waals surface area contributed by atoms with Crippen LogP contribution in [0.15, 0.2) is 0 Å². The Bertz CT molecular complexity index is 415. The van der Waals surface area contributed by atoms with Crippen molar-refractivity contribution in [2.24, 2.45) is 5.41 Å². The van der Waals surface area contributed by atoms with Crippen molar-refractivity contribution in [2.45, 2.75) is 41.2 Å². The molecule has 0 saturated heterocycles. The smallest absolute Gasteiger partial charge is 0.271 e. The molecule has 0 fully saturated rings. The van der Waals surface area contributed by atoms with Crippen LogP contribution >= 0.6 is 0 Å². The SMILES string of the molecule is CCn1nc(C)c(N)c1C(=O)NCC(C)(C)C. The van der Waals surface area contributed by atoms with E-state index in [1.807, 2.05) is 13.8 Å². The summed E-state index contributed by atoms with van der Waals surface area (Å²) in [4.78, 5) is 12.1. The summed E-state index contributed by atoms with van der Waals surface area (Å²) in [6.07, 6.45) is 0. The number of nitrogens with zero attached hydrogens (tertiary/aromatic N) is 2. The zero-order valence-electron chi connectivity index (χ0n) is 11.3. The number of amides is 1. The van der Waals surface area contributed by atoms with Crippen molar-refractivity contribution in [1.82, 2.24) is 15.1 Å². The molecule has 1 heterocycles. The van der Waals surface area contributed by atoms with Crippen molar-refractivity contribution in [1.29, 1.82) is 0 Å². The van der Waals surface area contributed by atoms with E-state index >= 15 is 0 Å². The highest BCUT2D eigenvalue weighted by molar-refractivity contribution is 5.97. The number of hydrogen-bond acceptors (Lipinski definition) is 3. The number of nitrogens with two attached hydrogens (primary N) is 1. The van der Waals surface area contributed by atoms with Crippen LogP contribution in [-0.4, -0.2) is 22.2 Å². The van der Waals surface area contributed by atoms with Gasteiger partial charge in [-0.15, -0.1) is 0 Å². The Morgan fingerprint density at radius 2 is 2.06 bits per heavy atom. The predicted octanol–water partition coefficient (Wildman–Crippen LogP) is 1.57. The third-order valence-corrected chi connectivity index (χ3v) is 2.47. The van der Waals surface area contributed by atoms with E-state index < -0.39 is 0 Å². The van der Waals surface area contributed by atoms with Gasteiger partial charge in [-0.25, -0.2) is 0 Å². The van der Waals surface area contributed by atoms with Gasteiger partial charge in [0.1, 0.15) is 5.69 Å². The van der Waals surface area contributed by atoms with Crippen molar-refractivity contribution < 1.29 is 4.79 Å². The standard InChI is InChI=1S/C12H22N4O/c1-6-16-10(9(13)8(2)15-16)11(17)14-7-12(3,4)5/h6-7,13H2,1-5H3,(H,14,17). The van der Waals surface area contributed by atoms with Crippen LogP contribution in [-0.2, 0) is 6.54 Å². The summed E-state index contributed by atoms with van der Waals surface area (Å²) >= 11 is 0. The molecule has 0 spiro atoms. The molecule has 1 rings (SSSR count). The third kappa shape index (κ3) is 3.22. The van der Waals surface area contributed by atoms with Gasteiger partial charge in [0.15, 0.2) is 0 Å². The first-order valence-corrected chi connectivity index (χ1v) is 5.87. The minimum atomic E-state index is -0.153. The minimum Gasteiger partial charge on any atom is -0.395 e. The lowest BCUT2D eigenvalue weighted by molar-refractivity contribution is 0.0929. The van der Waals surface area contributed by atoms with Crippen molar-refractivity contribution in [3.8, 4) is 0 Å². The number of rotatable bonds is 3. The minimum absolute atomic E-state index is 0.0521. The maximum absolute atomic E-state index is 12.1. The number of aryl methyl sites for hydroxylation is 2. The Morgan fingerprint density at radius 3 is 2.53 bits per heavy atom. The van der Waals surface area contributed by atoms with Gasteiger partial charge >= 0.3 is 0 Å². The third-order valence-electron chi connectivity index (χ3n) is 2.47. The molecule has 96 valence electrons. The van der Waals surface area contributed by atoms with Crippen LogP contribution in [0.5, 0.6) is 0 Å². The molecule has 1 amide bonds. The van der Waals surface area contributed by atoms with E-state index in [1.54, 1.807) is 4.68 Å². The first-order chi connectivity index (χ1) is 7.76. The van der Waals surface area contributed by atoms with Crippen LogP contribution in [0, 0.1) is 12.3 Å². The predicted molar refractivity (Wildman–Crippen MR) is 68.8 cm³/mol. The Labute approximate surface area is 102 Å². The van der Waals surface area contributed by atoms with Crippen LogP contribution in [0.25, 0.3) is 0 Å². The lowest BCUT2D eigenvalue weighted by Crippen LogP contribution is -2.34. The summed E-state index contributed by atoms with van der Waals surface area (Å²) in [6.45, 7) is 11.2. The van der Waals surface area contributed by atoms with Gasteiger partial charge < -0.3 is 11.1 Å². The summed E-state index contributed by atoms with van der Waals surface area (Å²) in [7, 11) is 0. The molecule has 0 aliphatic heterocycles. The van der Waals surface area contributed by atoms with Gasteiger partial charge in [0.05, 0.1) is 11.4 Å². The number of nitrogens with one attached hydrogen (secondary N) is 1. The van der Waals surface area contributed by atoms with Gasteiger partial charge in [-0.1, -0.05) is 20.8 Å². The van der Waals surface area contributed by atoms with E-state index in [1.165, 1.54) is 0 Å². The van der Waals surface area contributed by atoms with Gasteiger partial charge in [0.25, 0.3) is 5.91 Å². The molecule has 0 aliphatic rings. The van der Waals surface area contributed by atoms with E-state index in [4.69, 9.17) is 5.73 Å². The molecule has 0 radical (unpaired) electrons. The topological polar surface area (TPSA) is 72.9 Å². The summed E-state index contributed by atoms with van der Waals surface area (Å²) in [5.74, 6) is -0.153. The normalized spacial score (nSPS) is 11.6. The van der Waals surface area contributed by atoms with Gasteiger partial charge in [0.2, 0.25) is 0 Å². The molecule has 0 aliphatic carbocycles. The number of carbonyl (C=O) groups excluding carboxylic acids is 1. The van der Waals surface area contributed by atoms with Crippen molar-refractivity contribution in [3.63, 3.8) is 0 Å². The zero-order valence-corrected chi connectivity index (χ0v) is 11.3. The van der Waals surface area contributed by atoms with E-state index in [0.29, 0.717) is 30.2 Å². The molecule has 5 nitrogen and oxygen atoms in total. The quantitative estimate of drug-likeness (QED) is 0.839. The Kier molecular flexibility index (Phi) is 3.80. The molecule has 0 atom stereocenters. The van der Waals surface area contributed by atoms with Crippen molar-refractivity contribution in [2.75, 3.05) is 12.3 Å². The summed E-state index contributed by atoms with van der Waals surface area (Å²) < 4.78 is 1.64. The highest BCUT2D eigenvalue weighted by Crippen LogP contribution is 2.17. The Balaban J connectivity index is 2.89. The molecule has 0 bridgehead atoms. The number of carbonyl (C=O) groups is 1. The molecular formula is C12H22N4O. The number of hydrogen-bond donors (Lipinski definition) is 2. The molecule has 0 saturated carbocycles. The fourth-order valence-corrected chi connectivity index (χ4v) is 1.49. The molecule has 1 aromatic heterocycles. The first kappa shape index (κ1) is 13.5. The summed E-state index contributed by atoms with van der Waals surface area (Å²) in [5.41, 5.74) is 7.57. The average molecular weight is 238 g/mol. The highest BCUT2D eigenvalue weighted by Gasteiger charge is 2.20. The van der Waals surface area contributed by atoms with Gasteiger partial charge in [-0.3, -0.25) is 9.48 Å². The molecule has 1 aromatic rings. The van der Waals surface area contributed by atoms with Crippen LogP contribution in [0.4, 0.5) is 5.69 Å². The van der Waals surface area contributed by atoms with Crippen LogP contribution in [0.1, 0.15) is 43.9 Å². The lowest BCUT2D eigenvalue weighted by Gasteiger charge is -2.18. The van der Waals surface area contributed by atoms with E-state index in [2.05, 4.69) is 31.2 Å². The molecule has 5 heteroatoms. The highest BCUT2D eigenvalue weighted by atomic mass is 16.2. The molecule has 0 unspecified atom stereocenters. The monoisotopic (exact) mass is 238 g/mol. The number of nitrogen functional groups attached to an aromatic ring is 1. The van der Waals surface area contributed by atoms with Gasteiger partial charge in [-0.05, 0) is 19.3 Å². The molecule has 3 N–H and O–H groups in total. The van der Waals surface area contributed by atoms with Gasteiger partial charge in [-0.2, -0.15) is 5.10 Å². The van der Waals surface area contributed by atoms with Crippen molar-refractivity contribution in [3.05, 3.63) is 11.4 Å². The number of anilines is 1. The van der Waals surface area contributed by atoms with Gasteiger partial charge in [0, 0.05) is 13.1 Å². The average Bonchev–Trinajstić information content (AvgIpc) is 2.51. The van der Waals surface area contributed by atoms with Crippen LogP contribution < -0.4 is 11.1 Å². The Hall–Kier alpha value is -1.52. The maximum atomic E-state index is 12.1. The van der Waals surface area contributed by atoms with E-state index in [9.17, 15) is 4.79 Å². The fourth-order valence-electron chi connectivity index (χ4n) is 1.49. The second kappa shape index (κ2) is 4.77. The molecular weight excluding hydrogens is 216 g/mol. The second-order valence-corrected chi connectivity index (χ2v) is 5.41. The second-order valence-electron chi connectivity index (χ2n) is 5.41. The molecule has 17 heavy (non-hydrogen) atoms.